The molecule has 19 heavy (non-hydrogen) atoms. The van der Waals surface area contributed by atoms with Gasteiger partial charge in [0.25, 0.3) is 0 Å². The fraction of sp³-hybridized carbons (Fsp3) is 0.647. The van der Waals surface area contributed by atoms with Gasteiger partial charge < -0.3 is 5.73 Å². The second-order valence-electron chi connectivity index (χ2n) is 6.39. The van der Waals surface area contributed by atoms with Gasteiger partial charge in [-0.25, -0.2) is 0 Å². The van der Waals surface area contributed by atoms with Crippen LogP contribution in [0.2, 0.25) is 0 Å². The van der Waals surface area contributed by atoms with Gasteiger partial charge in [0, 0.05) is 12.6 Å². The molecule has 1 aliphatic rings. The molecule has 1 aromatic carbocycles. The zero-order valence-corrected chi connectivity index (χ0v) is 12.6. The van der Waals surface area contributed by atoms with Crippen LogP contribution >= 0.6 is 0 Å². The average molecular weight is 260 g/mol. The smallest absolute Gasteiger partial charge is 0.0233 e. The highest BCUT2D eigenvalue weighted by Gasteiger charge is 2.30. The second-order valence-corrected chi connectivity index (χ2v) is 6.39. The Kier molecular flexibility index (Phi) is 5.00. The summed E-state index contributed by atoms with van der Waals surface area (Å²) in [6, 6.07) is 9.49. The Bertz CT molecular complexity index is 402. The maximum Gasteiger partial charge on any atom is 0.0233 e. The first kappa shape index (κ1) is 14.5. The van der Waals surface area contributed by atoms with Crippen molar-refractivity contribution in [3.05, 3.63) is 35.4 Å². The summed E-state index contributed by atoms with van der Waals surface area (Å²) in [5, 5.41) is 0. The molecule has 2 nitrogen and oxygen atoms in total. The molecule has 0 aromatic heterocycles. The first-order chi connectivity index (χ1) is 9.10. The van der Waals surface area contributed by atoms with E-state index in [1.54, 1.807) is 0 Å². The van der Waals surface area contributed by atoms with Crippen LogP contribution in [0.5, 0.6) is 0 Å². The van der Waals surface area contributed by atoms with Crippen LogP contribution in [0.3, 0.4) is 0 Å². The molecule has 2 heteroatoms. The minimum absolute atomic E-state index is 0.647. The Labute approximate surface area is 118 Å². The summed E-state index contributed by atoms with van der Waals surface area (Å²) >= 11 is 0. The molecule has 106 valence electrons. The van der Waals surface area contributed by atoms with Gasteiger partial charge in [-0.15, -0.1) is 0 Å². The largest absolute Gasteiger partial charge is 0.330 e. The lowest BCUT2D eigenvalue weighted by molar-refractivity contribution is 0.103. The lowest BCUT2D eigenvalue weighted by Crippen LogP contribution is -2.44. The van der Waals surface area contributed by atoms with E-state index in [4.69, 9.17) is 5.73 Å². The standard InChI is InChI=1S/C17H28N2/c1-13-5-4-6-15(9-13)12-19(3)17-10-14(2)7-8-16(17)11-18/h4-6,9,14,16-17H,7-8,10-12,18H2,1-3H3. The van der Waals surface area contributed by atoms with Crippen molar-refractivity contribution in [2.45, 2.75) is 45.7 Å². The molecule has 2 rings (SSSR count). The first-order valence-corrected chi connectivity index (χ1v) is 7.56. The summed E-state index contributed by atoms with van der Waals surface area (Å²) in [4.78, 5) is 2.52. The Morgan fingerprint density at radius 1 is 1.32 bits per heavy atom. The summed E-state index contributed by atoms with van der Waals surface area (Å²) in [6.45, 7) is 6.40. The van der Waals surface area contributed by atoms with Crippen LogP contribution in [-0.2, 0) is 6.54 Å². The summed E-state index contributed by atoms with van der Waals surface area (Å²) < 4.78 is 0. The van der Waals surface area contributed by atoms with Crippen molar-refractivity contribution in [3.8, 4) is 0 Å². The van der Waals surface area contributed by atoms with Crippen molar-refractivity contribution < 1.29 is 0 Å². The molecular formula is C17H28N2. The van der Waals surface area contributed by atoms with E-state index in [1.807, 2.05) is 0 Å². The van der Waals surface area contributed by atoms with Crippen molar-refractivity contribution in [2.24, 2.45) is 17.6 Å². The SMILES string of the molecule is Cc1cccc(CN(C)C2CC(C)CCC2CN)c1. The predicted octanol–water partition coefficient (Wildman–Crippen LogP) is 3.19. The Balaban J connectivity index is 2.02. The molecule has 3 atom stereocenters. The normalized spacial score (nSPS) is 27.7. The van der Waals surface area contributed by atoms with Gasteiger partial charge in [0.15, 0.2) is 0 Å². The van der Waals surface area contributed by atoms with E-state index in [0.717, 1.165) is 19.0 Å². The fourth-order valence-electron chi connectivity index (χ4n) is 3.44. The zero-order valence-electron chi connectivity index (χ0n) is 12.6. The van der Waals surface area contributed by atoms with E-state index >= 15 is 0 Å². The summed E-state index contributed by atoms with van der Waals surface area (Å²) in [6.07, 6.45) is 3.93. The number of hydrogen-bond donors (Lipinski definition) is 1. The van der Waals surface area contributed by atoms with Crippen LogP contribution < -0.4 is 5.73 Å². The molecule has 0 bridgehead atoms. The zero-order chi connectivity index (χ0) is 13.8. The quantitative estimate of drug-likeness (QED) is 0.901. The van der Waals surface area contributed by atoms with Gasteiger partial charge in [-0.1, -0.05) is 43.2 Å². The highest BCUT2D eigenvalue weighted by molar-refractivity contribution is 5.22. The number of hydrogen-bond acceptors (Lipinski definition) is 2. The maximum atomic E-state index is 5.97. The first-order valence-electron chi connectivity index (χ1n) is 7.56. The predicted molar refractivity (Wildman–Crippen MR) is 82.0 cm³/mol. The third-order valence-corrected chi connectivity index (χ3v) is 4.60. The van der Waals surface area contributed by atoms with Crippen molar-refractivity contribution >= 4 is 0 Å². The molecule has 1 aromatic rings. The van der Waals surface area contributed by atoms with E-state index in [2.05, 4.69) is 50.1 Å². The summed E-state index contributed by atoms with van der Waals surface area (Å²) in [7, 11) is 2.26. The van der Waals surface area contributed by atoms with Crippen LogP contribution in [0.25, 0.3) is 0 Å². The molecule has 0 saturated heterocycles. The van der Waals surface area contributed by atoms with Crippen LogP contribution in [0.15, 0.2) is 24.3 Å². The summed E-state index contributed by atoms with van der Waals surface area (Å²) in [5.74, 6) is 1.51. The monoisotopic (exact) mass is 260 g/mol. The molecule has 0 amide bonds. The molecule has 2 N–H and O–H groups in total. The molecule has 0 radical (unpaired) electrons. The molecule has 1 fully saturated rings. The molecule has 0 spiro atoms. The van der Waals surface area contributed by atoms with Crippen molar-refractivity contribution in [2.75, 3.05) is 13.6 Å². The van der Waals surface area contributed by atoms with E-state index < -0.39 is 0 Å². The van der Waals surface area contributed by atoms with Crippen LogP contribution in [0.1, 0.15) is 37.3 Å². The fourth-order valence-corrected chi connectivity index (χ4v) is 3.44. The molecular weight excluding hydrogens is 232 g/mol. The average Bonchev–Trinajstić information content (AvgIpc) is 2.38. The van der Waals surface area contributed by atoms with Crippen LogP contribution in [0.4, 0.5) is 0 Å². The number of nitrogens with zero attached hydrogens (tertiary/aromatic N) is 1. The second kappa shape index (κ2) is 6.53. The van der Waals surface area contributed by atoms with Gasteiger partial charge in [0.1, 0.15) is 0 Å². The lowest BCUT2D eigenvalue weighted by atomic mass is 9.78. The Morgan fingerprint density at radius 2 is 2.11 bits per heavy atom. The van der Waals surface area contributed by atoms with Gasteiger partial charge in [-0.2, -0.15) is 0 Å². The van der Waals surface area contributed by atoms with E-state index in [-0.39, 0.29) is 0 Å². The van der Waals surface area contributed by atoms with Gasteiger partial charge in [-0.05, 0) is 50.8 Å². The maximum absolute atomic E-state index is 5.97. The highest BCUT2D eigenvalue weighted by Crippen LogP contribution is 2.31. The Hall–Kier alpha value is -0.860. The third kappa shape index (κ3) is 3.80. The van der Waals surface area contributed by atoms with Crippen molar-refractivity contribution in [1.29, 1.82) is 0 Å². The Morgan fingerprint density at radius 3 is 2.79 bits per heavy atom. The van der Waals surface area contributed by atoms with E-state index in [0.29, 0.717) is 12.0 Å². The molecule has 1 aliphatic carbocycles. The van der Waals surface area contributed by atoms with Gasteiger partial charge >= 0.3 is 0 Å². The molecule has 1 saturated carbocycles. The van der Waals surface area contributed by atoms with Crippen molar-refractivity contribution in [1.82, 2.24) is 4.90 Å². The van der Waals surface area contributed by atoms with Gasteiger partial charge in [-0.3, -0.25) is 4.90 Å². The van der Waals surface area contributed by atoms with Gasteiger partial charge in [0.05, 0.1) is 0 Å². The number of nitrogens with two attached hydrogens (primary N) is 1. The summed E-state index contributed by atoms with van der Waals surface area (Å²) in [5.41, 5.74) is 8.73. The van der Waals surface area contributed by atoms with Crippen LogP contribution in [0, 0.1) is 18.8 Å². The van der Waals surface area contributed by atoms with Crippen molar-refractivity contribution in [3.63, 3.8) is 0 Å². The molecule has 0 aliphatic heterocycles. The number of rotatable bonds is 4. The minimum Gasteiger partial charge on any atom is -0.330 e. The number of benzene rings is 1. The molecule has 3 unspecified atom stereocenters. The minimum atomic E-state index is 0.647. The number of aryl methyl sites for hydroxylation is 1. The third-order valence-electron chi connectivity index (χ3n) is 4.60. The molecule has 0 heterocycles. The highest BCUT2D eigenvalue weighted by atomic mass is 15.1. The van der Waals surface area contributed by atoms with E-state index in [9.17, 15) is 0 Å². The lowest BCUT2D eigenvalue weighted by Gasteiger charge is -2.40. The van der Waals surface area contributed by atoms with Crippen LogP contribution in [-0.4, -0.2) is 24.5 Å². The van der Waals surface area contributed by atoms with Gasteiger partial charge in [0.2, 0.25) is 0 Å². The topological polar surface area (TPSA) is 29.3 Å². The van der Waals surface area contributed by atoms with E-state index in [1.165, 1.54) is 30.4 Å².